The van der Waals surface area contributed by atoms with E-state index < -0.39 is 5.69 Å². The van der Waals surface area contributed by atoms with Gasteiger partial charge in [0.2, 0.25) is 0 Å². The van der Waals surface area contributed by atoms with Crippen molar-refractivity contribution < 1.29 is 14.2 Å². The van der Waals surface area contributed by atoms with Crippen LogP contribution in [-0.2, 0) is 34.1 Å². The van der Waals surface area contributed by atoms with E-state index in [0.29, 0.717) is 24.5 Å². The Bertz CT molecular complexity index is 633. The van der Waals surface area contributed by atoms with Crippen LogP contribution in [0.15, 0.2) is 9.59 Å². The molecule has 1 aromatic heterocycles. The molecule has 2 heterocycles. The molecule has 1 aliphatic carbocycles. The summed E-state index contributed by atoms with van der Waals surface area (Å²) in [5, 5.41) is 0. The molecule has 1 fully saturated rings. The summed E-state index contributed by atoms with van der Waals surface area (Å²) in [7, 11) is 2.98. The fourth-order valence-electron chi connectivity index (χ4n) is 3.18. The summed E-state index contributed by atoms with van der Waals surface area (Å²) in [6.45, 7) is 0.735. The van der Waals surface area contributed by atoms with Gasteiger partial charge in [0.05, 0.1) is 11.7 Å². The van der Waals surface area contributed by atoms with Gasteiger partial charge in [-0.2, -0.15) is 0 Å². The maximum absolute atomic E-state index is 12.5. The predicted octanol–water partition coefficient (Wildman–Crippen LogP) is -0.149. The molecular formula is C13H18N2O5. The van der Waals surface area contributed by atoms with Gasteiger partial charge >= 0.3 is 5.69 Å². The van der Waals surface area contributed by atoms with Crippen LogP contribution in [-0.4, -0.2) is 30.0 Å². The molecule has 1 saturated heterocycles. The van der Waals surface area contributed by atoms with Crippen LogP contribution in [0.25, 0.3) is 0 Å². The van der Waals surface area contributed by atoms with Crippen molar-refractivity contribution in [2.45, 2.75) is 32.4 Å². The Labute approximate surface area is 115 Å². The van der Waals surface area contributed by atoms with Crippen LogP contribution in [0.3, 0.4) is 0 Å². The zero-order valence-electron chi connectivity index (χ0n) is 11.6. The fourth-order valence-corrected chi connectivity index (χ4v) is 3.18. The van der Waals surface area contributed by atoms with Gasteiger partial charge in [-0.25, -0.2) is 9.36 Å². The summed E-state index contributed by atoms with van der Waals surface area (Å²) in [4.78, 5) is 24.9. The topological polar surface area (TPSA) is 71.7 Å². The predicted molar refractivity (Wildman–Crippen MR) is 69.5 cm³/mol. The molecule has 7 heteroatoms. The minimum Gasteiger partial charge on any atom is -0.373 e. The third-order valence-corrected chi connectivity index (χ3v) is 4.04. The minimum absolute atomic E-state index is 0.0634. The van der Waals surface area contributed by atoms with Crippen LogP contribution in [0.2, 0.25) is 0 Å². The Morgan fingerprint density at radius 3 is 2.60 bits per heavy atom. The van der Waals surface area contributed by atoms with Gasteiger partial charge in [-0.3, -0.25) is 9.36 Å². The lowest BCUT2D eigenvalue weighted by Crippen LogP contribution is -2.43. The Hall–Kier alpha value is -1.44. The summed E-state index contributed by atoms with van der Waals surface area (Å²) >= 11 is 0. The van der Waals surface area contributed by atoms with Crippen molar-refractivity contribution >= 4 is 0 Å². The van der Waals surface area contributed by atoms with E-state index in [1.54, 1.807) is 0 Å². The second-order valence-electron chi connectivity index (χ2n) is 5.18. The lowest BCUT2D eigenvalue weighted by molar-refractivity contribution is 0.0903. The van der Waals surface area contributed by atoms with Crippen molar-refractivity contribution in [1.82, 2.24) is 9.13 Å². The zero-order chi connectivity index (χ0) is 14.3. The molecule has 1 aliphatic heterocycles. The third kappa shape index (κ3) is 1.85. The van der Waals surface area contributed by atoms with Gasteiger partial charge in [0.15, 0.2) is 0 Å². The number of ether oxygens (including phenoxy) is 3. The molecule has 110 valence electrons. The molecule has 0 amide bonds. The van der Waals surface area contributed by atoms with E-state index in [0.717, 1.165) is 16.7 Å². The normalized spacial score (nSPS) is 23.9. The lowest BCUT2D eigenvalue weighted by Gasteiger charge is -2.15. The van der Waals surface area contributed by atoms with Gasteiger partial charge in [-0.15, -0.1) is 0 Å². The molecule has 1 aromatic rings. The first kappa shape index (κ1) is 13.5. The monoisotopic (exact) mass is 282 g/mol. The number of hydrogen-bond donors (Lipinski definition) is 0. The summed E-state index contributed by atoms with van der Waals surface area (Å²) in [5.41, 5.74) is 0.663. The maximum Gasteiger partial charge on any atom is 0.335 e. The van der Waals surface area contributed by atoms with Crippen LogP contribution in [0, 0.1) is 5.92 Å². The quantitative estimate of drug-likeness (QED) is 0.768. The Morgan fingerprint density at radius 2 is 1.90 bits per heavy atom. The molecule has 0 N–H and O–H groups in total. The average molecular weight is 282 g/mol. The summed E-state index contributed by atoms with van der Waals surface area (Å²) in [6.07, 6.45) is 1.43. The fraction of sp³-hybridized carbons (Fsp3) is 0.692. The SMILES string of the molecule is COCn1c2c(c(=O)n(COC)c1=O)[C@@H]1OCC[C@@H]1C2. The maximum atomic E-state index is 12.5. The first-order chi connectivity index (χ1) is 9.69. The molecule has 0 bridgehead atoms. The van der Waals surface area contributed by atoms with E-state index in [1.165, 1.54) is 18.8 Å². The average Bonchev–Trinajstić information content (AvgIpc) is 2.99. The number of fused-ring (bicyclic) bond motifs is 3. The Balaban J connectivity index is 2.23. The zero-order valence-corrected chi connectivity index (χ0v) is 11.6. The minimum atomic E-state index is -0.391. The molecule has 2 aliphatic rings. The molecule has 0 unspecified atom stereocenters. The molecular weight excluding hydrogens is 264 g/mol. The Morgan fingerprint density at radius 1 is 1.20 bits per heavy atom. The number of methoxy groups -OCH3 is 2. The van der Waals surface area contributed by atoms with E-state index in [4.69, 9.17) is 14.2 Å². The first-order valence-electron chi connectivity index (χ1n) is 6.65. The van der Waals surface area contributed by atoms with Gasteiger partial charge in [-0.1, -0.05) is 0 Å². The molecule has 20 heavy (non-hydrogen) atoms. The van der Waals surface area contributed by atoms with Crippen LogP contribution >= 0.6 is 0 Å². The van der Waals surface area contributed by atoms with E-state index in [-0.39, 0.29) is 25.1 Å². The van der Waals surface area contributed by atoms with E-state index >= 15 is 0 Å². The third-order valence-electron chi connectivity index (χ3n) is 4.04. The summed E-state index contributed by atoms with van der Waals surface area (Å²) in [6, 6.07) is 0. The van der Waals surface area contributed by atoms with Gasteiger partial charge in [-0.05, 0) is 18.8 Å². The molecule has 0 radical (unpaired) electrons. The van der Waals surface area contributed by atoms with Crippen LogP contribution < -0.4 is 11.2 Å². The number of rotatable bonds is 4. The van der Waals surface area contributed by atoms with Crippen molar-refractivity contribution in [1.29, 1.82) is 0 Å². The molecule has 7 nitrogen and oxygen atoms in total. The van der Waals surface area contributed by atoms with E-state index in [9.17, 15) is 9.59 Å². The molecule has 0 spiro atoms. The van der Waals surface area contributed by atoms with Gasteiger partial charge in [0.25, 0.3) is 5.56 Å². The highest BCUT2D eigenvalue weighted by molar-refractivity contribution is 5.29. The van der Waals surface area contributed by atoms with Crippen molar-refractivity contribution in [2.75, 3.05) is 20.8 Å². The highest BCUT2D eigenvalue weighted by Crippen LogP contribution is 2.42. The van der Waals surface area contributed by atoms with Crippen molar-refractivity contribution in [3.63, 3.8) is 0 Å². The highest BCUT2D eigenvalue weighted by Gasteiger charge is 2.42. The van der Waals surface area contributed by atoms with Gasteiger partial charge < -0.3 is 14.2 Å². The molecule has 0 aromatic carbocycles. The van der Waals surface area contributed by atoms with E-state index in [2.05, 4.69) is 0 Å². The van der Waals surface area contributed by atoms with Crippen molar-refractivity contribution in [3.05, 3.63) is 32.1 Å². The van der Waals surface area contributed by atoms with Crippen molar-refractivity contribution in [2.24, 2.45) is 5.92 Å². The molecule has 3 rings (SSSR count). The molecule has 0 saturated carbocycles. The van der Waals surface area contributed by atoms with Crippen LogP contribution in [0.4, 0.5) is 0 Å². The number of hydrogen-bond acceptors (Lipinski definition) is 5. The van der Waals surface area contributed by atoms with Gasteiger partial charge in [0.1, 0.15) is 13.5 Å². The number of nitrogens with zero attached hydrogens (tertiary/aromatic N) is 2. The first-order valence-corrected chi connectivity index (χ1v) is 6.65. The summed E-state index contributed by atoms with van der Waals surface area (Å²) < 4.78 is 18.3. The Kier molecular flexibility index (Phi) is 3.49. The van der Waals surface area contributed by atoms with Crippen LogP contribution in [0.1, 0.15) is 23.8 Å². The summed E-state index contributed by atoms with van der Waals surface area (Å²) in [5.74, 6) is 0.290. The number of aromatic nitrogens is 2. The highest BCUT2D eigenvalue weighted by atomic mass is 16.5. The largest absolute Gasteiger partial charge is 0.373 e. The lowest BCUT2D eigenvalue weighted by atomic mass is 10.0. The van der Waals surface area contributed by atoms with Crippen molar-refractivity contribution in [3.8, 4) is 0 Å². The van der Waals surface area contributed by atoms with E-state index in [1.807, 2.05) is 0 Å². The molecule has 2 atom stereocenters. The van der Waals surface area contributed by atoms with Gasteiger partial charge in [0, 0.05) is 26.5 Å². The van der Waals surface area contributed by atoms with Crippen LogP contribution in [0.5, 0.6) is 0 Å². The second-order valence-corrected chi connectivity index (χ2v) is 5.18. The second kappa shape index (κ2) is 5.16. The smallest absolute Gasteiger partial charge is 0.335 e. The standard InChI is InChI=1S/C13H18N2O5/c1-18-6-14-9-5-8-3-4-20-11(8)10(9)12(16)15(7-19-2)13(14)17/h8,11H,3-7H2,1-2H3/t8-,11-/m1/s1.